The van der Waals surface area contributed by atoms with E-state index < -0.39 is 18.0 Å². The van der Waals surface area contributed by atoms with Gasteiger partial charge in [0.05, 0.1) is 30.7 Å². The van der Waals surface area contributed by atoms with Gasteiger partial charge in [0.15, 0.2) is 0 Å². The number of carbonyl (C=O) groups is 1. The Kier molecular flexibility index (Phi) is 7.45. The van der Waals surface area contributed by atoms with Crippen LogP contribution >= 0.6 is 0 Å². The van der Waals surface area contributed by atoms with E-state index in [1.54, 1.807) is 24.5 Å². The average molecular weight is 497 g/mol. The van der Waals surface area contributed by atoms with Crippen LogP contribution in [-0.2, 0) is 4.74 Å². The smallest absolute Gasteiger partial charge is 0.414 e. The summed E-state index contributed by atoms with van der Waals surface area (Å²) in [5.41, 5.74) is 2.14. The number of cyclic esters (lactones) is 1. The van der Waals surface area contributed by atoms with Crippen LogP contribution in [0, 0.1) is 5.82 Å². The molecule has 2 aromatic rings. The van der Waals surface area contributed by atoms with Gasteiger partial charge in [-0.1, -0.05) is 6.07 Å². The number of anilines is 1. The number of piperidine rings is 1. The van der Waals surface area contributed by atoms with Crippen LogP contribution in [0.1, 0.15) is 18.5 Å². The number of hydrogen-bond acceptors (Lipinski definition) is 8. The van der Waals surface area contributed by atoms with E-state index in [-0.39, 0.29) is 13.2 Å². The number of rotatable bonds is 6. The monoisotopic (exact) mass is 496 g/mol. The van der Waals surface area contributed by atoms with Gasteiger partial charge in [0, 0.05) is 62.6 Å². The number of aromatic nitrogens is 1. The lowest BCUT2D eigenvalue weighted by molar-refractivity contribution is 0.0689. The molecule has 36 heavy (non-hydrogen) atoms. The minimum Gasteiger partial charge on any atom is -0.441 e. The Morgan fingerprint density at radius 2 is 1.92 bits per heavy atom. The molecule has 0 spiro atoms. The number of aliphatic hydroxyl groups is 1. The van der Waals surface area contributed by atoms with Crippen molar-refractivity contribution in [3.05, 3.63) is 48.0 Å². The molecule has 1 aromatic carbocycles. The second-order valence-corrected chi connectivity index (χ2v) is 9.70. The molecule has 1 amide bonds. The average Bonchev–Trinajstić information content (AvgIpc) is 3.29. The zero-order chi connectivity index (χ0) is 25.1. The number of halogens is 1. The maximum atomic E-state index is 14.9. The Labute approximate surface area is 210 Å². The quantitative estimate of drug-likeness (QED) is 0.614. The van der Waals surface area contributed by atoms with Gasteiger partial charge >= 0.3 is 6.09 Å². The molecule has 9 nitrogen and oxygen atoms in total. The molecule has 10 heteroatoms. The second kappa shape index (κ2) is 10.9. The van der Waals surface area contributed by atoms with Gasteiger partial charge in [-0.25, -0.2) is 9.18 Å². The predicted molar refractivity (Wildman–Crippen MR) is 136 cm³/mol. The van der Waals surface area contributed by atoms with Crippen LogP contribution in [0.3, 0.4) is 0 Å². The summed E-state index contributed by atoms with van der Waals surface area (Å²) in [5, 5.41) is 15.9. The molecule has 0 aliphatic carbocycles. The molecule has 192 valence electrons. The maximum Gasteiger partial charge on any atom is 0.414 e. The van der Waals surface area contributed by atoms with Gasteiger partial charge < -0.3 is 14.7 Å². The molecule has 1 aromatic heterocycles. The fraction of sp³-hybridized carbons (Fsp3) is 0.500. The van der Waals surface area contributed by atoms with E-state index in [4.69, 9.17) is 4.74 Å². The number of nitrogens with zero attached hydrogens (tertiary/aromatic N) is 6. The molecule has 3 aliphatic heterocycles. The Morgan fingerprint density at radius 3 is 2.56 bits per heavy atom. The van der Waals surface area contributed by atoms with Gasteiger partial charge in [0.1, 0.15) is 11.9 Å². The second-order valence-electron chi connectivity index (χ2n) is 9.70. The molecule has 1 N–H and O–H groups in total. The number of amides is 1. The first kappa shape index (κ1) is 24.6. The van der Waals surface area contributed by atoms with E-state index in [1.807, 2.05) is 12.1 Å². The number of benzene rings is 1. The SMILES string of the molecule is CN1CCN(C2CCN(/N=C/c3ccc(-c4ccc(N5C[C@H](CO)OC5=O)cc4F)cn3)CC2)CC1. The van der Waals surface area contributed by atoms with E-state index in [1.165, 1.54) is 11.0 Å². The van der Waals surface area contributed by atoms with Gasteiger partial charge in [-0.2, -0.15) is 5.10 Å². The van der Waals surface area contributed by atoms with Crippen molar-refractivity contribution in [1.82, 2.24) is 19.8 Å². The Hall–Kier alpha value is -3.08. The summed E-state index contributed by atoms with van der Waals surface area (Å²) in [6, 6.07) is 8.89. The van der Waals surface area contributed by atoms with E-state index in [2.05, 4.69) is 31.9 Å². The van der Waals surface area contributed by atoms with Crippen molar-refractivity contribution in [2.45, 2.75) is 25.0 Å². The molecular formula is C26H33FN6O3. The summed E-state index contributed by atoms with van der Waals surface area (Å²) >= 11 is 0. The van der Waals surface area contributed by atoms with Crippen LogP contribution in [-0.4, -0.2) is 109 Å². The Morgan fingerprint density at radius 1 is 1.14 bits per heavy atom. The number of piperazine rings is 1. The molecule has 0 radical (unpaired) electrons. The minimum absolute atomic E-state index is 0.192. The normalized spacial score (nSPS) is 22.5. The van der Waals surface area contributed by atoms with Crippen molar-refractivity contribution in [2.24, 2.45) is 5.10 Å². The van der Waals surface area contributed by atoms with Crippen LogP contribution in [0.25, 0.3) is 11.1 Å². The highest BCUT2D eigenvalue weighted by atomic mass is 19.1. The molecule has 0 saturated carbocycles. The zero-order valence-electron chi connectivity index (χ0n) is 20.6. The number of hydrogen-bond donors (Lipinski definition) is 1. The molecule has 1 atom stereocenters. The maximum absolute atomic E-state index is 14.9. The summed E-state index contributed by atoms with van der Waals surface area (Å²) < 4.78 is 19.9. The van der Waals surface area contributed by atoms with Gasteiger partial charge in [0.25, 0.3) is 0 Å². The first-order valence-electron chi connectivity index (χ1n) is 12.6. The number of hydrazone groups is 1. The third-order valence-electron chi connectivity index (χ3n) is 7.29. The third kappa shape index (κ3) is 5.50. The first-order valence-corrected chi connectivity index (χ1v) is 12.6. The highest BCUT2D eigenvalue weighted by Gasteiger charge is 2.32. The zero-order valence-corrected chi connectivity index (χ0v) is 20.6. The highest BCUT2D eigenvalue weighted by molar-refractivity contribution is 5.90. The van der Waals surface area contributed by atoms with Gasteiger partial charge in [-0.3, -0.25) is 19.8 Å². The van der Waals surface area contributed by atoms with Crippen molar-refractivity contribution < 1.29 is 19.0 Å². The Balaban J connectivity index is 1.16. The molecule has 3 fully saturated rings. The van der Waals surface area contributed by atoms with Crippen molar-refractivity contribution in [3.8, 4) is 11.1 Å². The molecule has 5 rings (SSSR count). The predicted octanol–water partition coefficient (Wildman–Crippen LogP) is 2.25. The van der Waals surface area contributed by atoms with Crippen molar-refractivity contribution in [2.75, 3.05) is 64.4 Å². The fourth-order valence-corrected chi connectivity index (χ4v) is 5.04. The minimum atomic E-state index is -0.595. The van der Waals surface area contributed by atoms with Crippen molar-refractivity contribution >= 4 is 18.0 Å². The number of likely N-dealkylation sites (N-methyl/N-ethyl adjacent to an activating group) is 1. The molecular weight excluding hydrogens is 463 g/mol. The molecule has 3 saturated heterocycles. The third-order valence-corrected chi connectivity index (χ3v) is 7.29. The first-order chi connectivity index (χ1) is 17.5. The van der Waals surface area contributed by atoms with Crippen LogP contribution < -0.4 is 4.90 Å². The standard InChI is InChI=1S/C26H33FN6O3/c1-30-10-12-31(13-11-30)21-6-8-32(9-7-21)29-16-20-3-2-19(15-28-20)24-5-4-22(14-25(24)27)33-17-23(18-34)36-26(33)35/h2-5,14-16,21,23,34H,6-13,17-18H2,1H3/b29-16+/t23-/m1/s1. The van der Waals surface area contributed by atoms with Crippen molar-refractivity contribution in [1.29, 1.82) is 0 Å². The van der Waals surface area contributed by atoms with Crippen molar-refractivity contribution in [3.63, 3.8) is 0 Å². The Bertz CT molecular complexity index is 1080. The summed E-state index contributed by atoms with van der Waals surface area (Å²) in [7, 11) is 2.18. The number of carbonyl (C=O) groups excluding carboxylic acids is 1. The summed E-state index contributed by atoms with van der Waals surface area (Å²) in [4.78, 5) is 22.7. The topological polar surface area (TPSA) is 84.7 Å². The van der Waals surface area contributed by atoms with E-state index in [9.17, 15) is 14.3 Å². The number of ether oxygens (including phenoxy) is 1. The van der Waals surface area contributed by atoms with E-state index >= 15 is 0 Å². The van der Waals surface area contributed by atoms with E-state index in [0.717, 1.165) is 52.1 Å². The van der Waals surface area contributed by atoms with Crippen LogP contribution in [0.15, 0.2) is 41.6 Å². The fourth-order valence-electron chi connectivity index (χ4n) is 5.04. The largest absolute Gasteiger partial charge is 0.441 e. The molecule has 3 aliphatic rings. The number of pyridine rings is 1. The van der Waals surface area contributed by atoms with Crippen LogP contribution in [0.5, 0.6) is 0 Å². The van der Waals surface area contributed by atoms with Gasteiger partial charge in [0.2, 0.25) is 0 Å². The molecule has 0 bridgehead atoms. The summed E-state index contributed by atoms with van der Waals surface area (Å²) in [6.07, 6.45) is 4.45. The number of aliphatic hydroxyl groups excluding tert-OH is 1. The highest BCUT2D eigenvalue weighted by Crippen LogP contribution is 2.29. The van der Waals surface area contributed by atoms with Gasteiger partial charge in [-0.15, -0.1) is 0 Å². The lowest BCUT2D eigenvalue weighted by Crippen LogP contribution is -2.51. The lowest BCUT2D eigenvalue weighted by Gasteiger charge is -2.41. The molecule has 4 heterocycles. The lowest BCUT2D eigenvalue weighted by atomic mass is 10.0. The van der Waals surface area contributed by atoms with Gasteiger partial charge in [-0.05, 0) is 44.2 Å². The molecule has 0 unspecified atom stereocenters. The van der Waals surface area contributed by atoms with E-state index in [0.29, 0.717) is 28.6 Å². The van der Waals surface area contributed by atoms with Crippen LogP contribution in [0.4, 0.5) is 14.9 Å². The summed E-state index contributed by atoms with van der Waals surface area (Å²) in [5.74, 6) is -0.459. The van der Waals surface area contributed by atoms with Crippen LogP contribution in [0.2, 0.25) is 0 Å². The summed E-state index contributed by atoms with van der Waals surface area (Å²) in [6.45, 7) is 6.40.